The van der Waals surface area contributed by atoms with Gasteiger partial charge in [-0.15, -0.1) is 11.3 Å². The number of carbonyl (C=O) groups excluding carboxylic acids is 1. The predicted octanol–water partition coefficient (Wildman–Crippen LogP) is 5.07. The molecule has 0 unspecified atom stereocenters. The Balaban J connectivity index is 1.32. The normalized spacial score (nSPS) is 16.1. The lowest BCUT2D eigenvalue weighted by molar-refractivity contribution is 0.102. The zero-order valence-corrected chi connectivity index (χ0v) is 19.5. The lowest BCUT2D eigenvalue weighted by atomic mass is 9.93. The number of benzene rings is 1. The Kier molecular flexibility index (Phi) is 5.05. The molecule has 1 amide bonds. The van der Waals surface area contributed by atoms with Crippen LogP contribution in [-0.4, -0.2) is 50.4 Å². The highest BCUT2D eigenvalue weighted by molar-refractivity contribution is 7.13. The van der Waals surface area contributed by atoms with E-state index >= 15 is 0 Å². The maximum absolute atomic E-state index is 13.5. The van der Waals surface area contributed by atoms with E-state index < -0.39 is 6.98 Å². The fourth-order valence-electron chi connectivity index (χ4n) is 3.86. The molecule has 1 aliphatic rings. The van der Waals surface area contributed by atoms with E-state index in [2.05, 4.69) is 20.3 Å². The van der Waals surface area contributed by atoms with E-state index in [0.29, 0.717) is 29.6 Å². The minimum atomic E-state index is -2.07. The van der Waals surface area contributed by atoms with Gasteiger partial charge in [-0.2, -0.15) is 0 Å². The number of anilines is 1. The summed E-state index contributed by atoms with van der Waals surface area (Å²) in [6.45, 7) is 2.90. The number of halogens is 1. The number of rotatable bonds is 6. The molecular formula is C25H25FN6OS. The first-order valence-electron chi connectivity index (χ1n) is 12.4. The number of imidazole rings is 1. The van der Waals surface area contributed by atoms with Crippen molar-refractivity contribution in [2.45, 2.75) is 25.8 Å². The molecule has 34 heavy (non-hydrogen) atoms. The number of pyridine rings is 1. The van der Waals surface area contributed by atoms with Gasteiger partial charge in [0.1, 0.15) is 28.0 Å². The maximum atomic E-state index is 13.5. The van der Waals surface area contributed by atoms with Crippen LogP contribution < -0.4 is 5.32 Å². The van der Waals surface area contributed by atoms with Gasteiger partial charge >= 0.3 is 0 Å². The Morgan fingerprint density at radius 1 is 1.21 bits per heavy atom. The Labute approximate surface area is 205 Å². The number of likely N-dealkylation sites (N-methyl/N-ethyl adjacent to an activating group) is 1. The van der Waals surface area contributed by atoms with E-state index in [1.54, 1.807) is 36.1 Å². The van der Waals surface area contributed by atoms with Crippen LogP contribution in [0.2, 0.25) is 0 Å². The molecule has 5 rings (SSSR count). The van der Waals surface area contributed by atoms with Gasteiger partial charge in [-0.25, -0.2) is 19.3 Å². The van der Waals surface area contributed by atoms with Crippen molar-refractivity contribution in [2.75, 3.05) is 25.4 Å². The number of likely N-dealkylation sites (tertiary alicyclic amines) is 1. The number of thiazole rings is 1. The first-order valence-corrected chi connectivity index (χ1v) is 11.8. The number of nitrogens with zero attached hydrogens (tertiary/aromatic N) is 5. The van der Waals surface area contributed by atoms with E-state index in [1.807, 2.05) is 24.5 Å². The minimum Gasteiger partial charge on any atom is -0.326 e. The molecule has 9 heteroatoms. The average molecular weight is 480 g/mol. The van der Waals surface area contributed by atoms with Gasteiger partial charge in [-0.3, -0.25) is 4.79 Å². The average Bonchev–Trinajstić information content (AvgIpc) is 3.46. The van der Waals surface area contributed by atoms with Gasteiger partial charge in [0.2, 0.25) is 0 Å². The van der Waals surface area contributed by atoms with Gasteiger partial charge in [0, 0.05) is 46.3 Å². The standard InChI is InChI=1S/C25H25FN6OS/c1-15(2)32-14-28-22(16-4-7-19(26)8-5-16)23(32)25-29-20(13-34-25)24(33)30-21-9-6-17(10-27-21)18-11-31(3)12-18/h4-10,13-15,18H,11-12H2,1-3H3,(H,27,30,33)/i3D3. The highest BCUT2D eigenvalue weighted by Crippen LogP contribution is 2.35. The molecule has 174 valence electrons. The highest BCUT2D eigenvalue weighted by atomic mass is 32.1. The van der Waals surface area contributed by atoms with Crippen molar-refractivity contribution in [3.05, 3.63) is 71.4 Å². The summed E-state index contributed by atoms with van der Waals surface area (Å²) in [5, 5.41) is 5.08. The topological polar surface area (TPSA) is 75.9 Å². The molecule has 0 bridgehead atoms. The Morgan fingerprint density at radius 3 is 2.68 bits per heavy atom. The third-order valence-electron chi connectivity index (χ3n) is 5.79. The summed E-state index contributed by atoms with van der Waals surface area (Å²) in [5.41, 5.74) is 3.37. The minimum absolute atomic E-state index is 0.100. The van der Waals surface area contributed by atoms with E-state index in [-0.39, 0.29) is 29.4 Å². The molecule has 4 aromatic rings. The van der Waals surface area contributed by atoms with Crippen LogP contribution >= 0.6 is 11.3 Å². The van der Waals surface area contributed by atoms with Crippen LogP contribution in [0, 0.1) is 5.82 Å². The van der Waals surface area contributed by atoms with Crippen molar-refractivity contribution >= 4 is 23.1 Å². The van der Waals surface area contributed by atoms with Crippen molar-refractivity contribution in [2.24, 2.45) is 0 Å². The molecule has 0 spiro atoms. The SMILES string of the molecule is [2H]C([2H])([2H])N1CC(c2ccc(NC(=O)c3csc(-c4c(-c5ccc(F)cc5)ncn4C(C)C)n3)nc2)C1. The predicted molar refractivity (Wildman–Crippen MR) is 132 cm³/mol. The summed E-state index contributed by atoms with van der Waals surface area (Å²) in [4.78, 5) is 27.8. The summed E-state index contributed by atoms with van der Waals surface area (Å²) < 4.78 is 37.8. The molecule has 3 aromatic heterocycles. The zero-order chi connectivity index (χ0) is 26.3. The smallest absolute Gasteiger partial charge is 0.276 e. The summed E-state index contributed by atoms with van der Waals surface area (Å²) in [6.07, 6.45) is 3.39. The third kappa shape index (κ3) is 4.36. The molecule has 0 atom stereocenters. The number of amides is 1. The first kappa shape index (κ1) is 18.9. The lowest BCUT2D eigenvalue weighted by Crippen LogP contribution is -2.41. The van der Waals surface area contributed by atoms with Gasteiger partial charge in [0.15, 0.2) is 0 Å². The second-order valence-electron chi connectivity index (χ2n) is 8.52. The quantitative estimate of drug-likeness (QED) is 0.418. The van der Waals surface area contributed by atoms with Crippen molar-refractivity contribution in [3.8, 4) is 22.0 Å². The van der Waals surface area contributed by atoms with Gasteiger partial charge in [-0.1, -0.05) is 6.07 Å². The third-order valence-corrected chi connectivity index (χ3v) is 6.64. The number of hydrogen-bond acceptors (Lipinski definition) is 6. The number of aromatic nitrogens is 4. The zero-order valence-electron chi connectivity index (χ0n) is 21.7. The van der Waals surface area contributed by atoms with Gasteiger partial charge in [0.25, 0.3) is 5.91 Å². The van der Waals surface area contributed by atoms with Crippen LogP contribution in [0.15, 0.2) is 54.3 Å². The van der Waals surface area contributed by atoms with Crippen molar-refractivity contribution in [1.82, 2.24) is 24.4 Å². The van der Waals surface area contributed by atoms with E-state index in [1.165, 1.54) is 28.4 Å². The van der Waals surface area contributed by atoms with Crippen LogP contribution in [0.25, 0.3) is 22.0 Å². The number of hydrogen-bond donors (Lipinski definition) is 1. The molecule has 1 N–H and O–H groups in total. The van der Waals surface area contributed by atoms with E-state index in [0.717, 1.165) is 16.8 Å². The summed E-state index contributed by atoms with van der Waals surface area (Å²) >= 11 is 1.33. The summed E-state index contributed by atoms with van der Waals surface area (Å²) in [7, 11) is 0. The van der Waals surface area contributed by atoms with Crippen molar-refractivity contribution in [3.63, 3.8) is 0 Å². The Morgan fingerprint density at radius 2 is 2.00 bits per heavy atom. The fraction of sp³-hybridized carbons (Fsp3) is 0.280. The number of carbonyl (C=O) groups is 1. The Hall–Kier alpha value is -3.43. The van der Waals surface area contributed by atoms with Crippen LogP contribution in [-0.2, 0) is 0 Å². The second-order valence-corrected chi connectivity index (χ2v) is 9.38. The summed E-state index contributed by atoms with van der Waals surface area (Å²) in [6, 6.07) is 9.79. The highest BCUT2D eigenvalue weighted by Gasteiger charge is 2.25. The molecular weight excluding hydrogens is 451 g/mol. The molecule has 0 aliphatic carbocycles. The fourth-order valence-corrected chi connectivity index (χ4v) is 4.71. The Bertz CT molecular complexity index is 1410. The molecule has 1 saturated heterocycles. The van der Waals surface area contributed by atoms with Crippen LogP contribution in [0.1, 0.15) is 46.0 Å². The van der Waals surface area contributed by atoms with Crippen LogP contribution in [0.4, 0.5) is 10.2 Å². The molecule has 4 heterocycles. The number of nitrogens with one attached hydrogen (secondary N) is 1. The largest absolute Gasteiger partial charge is 0.326 e. The van der Waals surface area contributed by atoms with Crippen LogP contribution in [0.5, 0.6) is 0 Å². The van der Waals surface area contributed by atoms with Gasteiger partial charge in [0.05, 0.1) is 12.0 Å². The van der Waals surface area contributed by atoms with Crippen molar-refractivity contribution in [1.29, 1.82) is 0 Å². The first-order chi connectivity index (χ1) is 17.6. The second kappa shape index (κ2) is 9.08. The lowest BCUT2D eigenvalue weighted by Gasteiger charge is -2.36. The van der Waals surface area contributed by atoms with Gasteiger partial charge in [-0.05, 0) is 56.7 Å². The molecule has 0 radical (unpaired) electrons. The molecule has 7 nitrogen and oxygen atoms in total. The molecule has 1 aromatic carbocycles. The van der Waals surface area contributed by atoms with E-state index in [9.17, 15) is 9.18 Å². The molecule has 1 fully saturated rings. The maximum Gasteiger partial charge on any atom is 0.276 e. The summed E-state index contributed by atoms with van der Waals surface area (Å²) in [5.74, 6) is -0.220. The van der Waals surface area contributed by atoms with Crippen molar-refractivity contribution < 1.29 is 13.3 Å². The van der Waals surface area contributed by atoms with E-state index in [4.69, 9.17) is 4.11 Å². The molecule has 0 saturated carbocycles. The van der Waals surface area contributed by atoms with Crippen LogP contribution in [0.3, 0.4) is 0 Å². The monoisotopic (exact) mass is 479 g/mol. The molecule has 1 aliphatic heterocycles. The van der Waals surface area contributed by atoms with Gasteiger partial charge < -0.3 is 14.8 Å².